The number of hydrogen-bond donors (Lipinski definition) is 2. The van der Waals surface area contributed by atoms with E-state index in [1.54, 1.807) is 0 Å². The Bertz CT molecular complexity index is 393. The fourth-order valence-corrected chi connectivity index (χ4v) is 1.40. The summed E-state index contributed by atoms with van der Waals surface area (Å²) in [5.41, 5.74) is 7.71. The summed E-state index contributed by atoms with van der Waals surface area (Å²) in [4.78, 5) is 11.3. The van der Waals surface area contributed by atoms with Gasteiger partial charge in [0.1, 0.15) is 0 Å². The maximum atomic E-state index is 11.3. The summed E-state index contributed by atoms with van der Waals surface area (Å²) >= 11 is 0. The molecule has 0 unspecified atom stereocenters. The van der Waals surface area contributed by atoms with E-state index in [-0.39, 0.29) is 5.91 Å². The largest absolute Gasteiger partial charge is 0.352 e. The maximum Gasteiger partial charge on any atom is 0.221 e. The first kappa shape index (κ1) is 12.3. The molecule has 0 aromatic heterocycles. The van der Waals surface area contributed by atoms with Gasteiger partial charge in [0.05, 0.1) is 0 Å². The molecular weight excluding hydrogens is 200 g/mol. The fraction of sp³-hybridized carbons (Fsp3) is 0.308. The van der Waals surface area contributed by atoms with E-state index in [0.717, 1.165) is 11.1 Å². The van der Waals surface area contributed by atoms with Crippen LogP contribution in [0.25, 0.3) is 0 Å². The van der Waals surface area contributed by atoms with Crippen LogP contribution in [0.3, 0.4) is 0 Å². The lowest BCUT2D eigenvalue weighted by atomic mass is 10.1. The Labute approximate surface area is 96.0 Å². The lowest BCUT2D eigenvalue weighted by Crippen LogP contribution is -2.23. The molecule has 1 aromatic rings. The molecule has 0 saturated heterocycles. The van der Waals surface area contributed by atoms with Crippen molar-refractivity contribution in [3.63, 3.8) is 0 Å². The zero-order valence-corrected chi connectivity index (χ0v) is 9.20. The van der Waals surface area contributed by atoms with Crippen molar-refractivity contribution in [3.05, 3.63) is 35.4 Å². The maximum absolute atomic E-state index is 11.3. The van der Waals surface area contributed by atoms with Crippen molar-refractivity contribution in [2.45, 2.75) is 25.9 Å². The molecule has 0 aliphatic carbocycles. The van der Waals surface area contributed by atoms with Crippen LogP contribution >= 0.6 is 0 Å². The average molecular weight is 216 g/mol. The minimum absolute atomic E-state index is 0.0234. The molecule has 1 amide bonds. The first-order valence-corrected chi connectivity index (χ1v) is 5.25. The highest BCUT2D eigenvalue weighted by molar-refractivity contribution is 5.76. The van der Waals surface area contributed by atoms with Gasteiger partial charge in [0.25, 0.3) is 0 Å². The highest BCUT2D eigenvalue weighted by Crippen LogP contribution is 2.07. The summed E-state index contributed by atoms with van der Waals surface area (Å²) < 4.78 is 0. The van der Waals surface area contributed by atoms with Crippen LogP contribution in [0.15, 0.2) is 24.3 Å². The average Bonchev–Trinajstić information content (AvgIpc) is 2.34. The first-order chi connectivity index (χ1) is 7.77. The molecule has 0 radical (unpaired) electrons. The number of carbonyl (C=O) groups excluding carboxylic acids is 1. The Morgan fingerprint density at radius 3 is 2.69 bits per heavy atom. The van der Waals surface area contributed by atoms with Crippen molar-refractivity contribution < 1.29 is 4.79 Å². The second kappa shape index (κ2) is 6.65. The number of benzene rings is 1. The fourth-order valence-electron chi connectivity index (χ4n) is 1.40. The molecule has 0 bridgehead atoms. The highest BCUT2D eigenvalue weighted by atomic mass is 16.1. The van der Waals surface area contributed by atoms with Gasteiger partial charge in [0.15, 0.2) is 0 Å². The van der Waals surface area contributed by atoms with Crippen molar-refractivity contribution in [1.29, 1.82) is 0 Å². The predicted octanol–water partition coefficient (Wildman–Crippen LogP) is 1.17. The standard InChI is InChI=1S/C13H16N2O/c1-2-3-8-13(16)15-10-12-7-5-4-6-11(12)9-14/h1,4-7H,3,8-10,14H2,(H,15,16). The van der Waals surface area contributed by atoms with Crippen molar-refractivity contribution in [2.75, 3.05) is 0 Å². The van der Waals surface area contributed by atoms with Crippen molar-refractivity contribution in [1.82, 2.24) is 5.32 Å². The van der Waals surface area contributed by atoms with Crippen LogP contribution in [0.1, 0.15) is 24.0 Å². The summed E-state index contributed by atoms with van der Waals surface area (Å²) in [6.07, 6.45) is 5.94. The zero-order chi connectivity index (χ0) is 11.8. The molecule has 1 aromatic carbocycles. The van der Waals surface area contributed by atoms with Crippen LogP contribution in [0.2, 0.25) is 0 Å². The SMILES string of the molecule is C#CCCC(=O)NCc1ccccc1CN. The molecule has 0 aliphatic rings. The molecule has 3 nitrogen and oxygen atoms in total. The molecule has 0 spiro atoms. The van der Waals surface area contributed by atoms with Gasteiger partial charge in [0, 0.05) is 25.9 Å². The van der Waals surface area contributed by atoms with E-state index < -0.39 is 0 Å². The van der Waals surface area contributed by atoms with E-state index in [1.165, 1.54) is 0 Å². The molecular formula is C13H16N2O. The smallest absolute Gasteiger partial charge is 0.221 e. The molecule has 3 N–H and O–H groups in total. The number of terminal acetylenes is 1. The second-order valence-electron chi connectivity index (χ2n) is 3.45. The second-order valence-corrected chi connectivity index (χ2v) is 3.45. The molecule has 0 heterocycles. The van der Waals surface area contributed by atoms with Crippen LogP contribution in [0.4, 0.5) is 0 Å². The van der Waals surface area contributed by atoms with Crippen molar-refractivity contribution in [2.24, 2.45) is 5.73 Å². The van der Waals surface area contributed by atoms with Gasteiger partial charge in [0.2, 0.25) is 5.91 Å². The molecule has 3 heteroatoms. The minimum atomic E-state index is -0.0234. The Hall–Kier alpha value is -1.79. The van der Waals surface area contributed by atoms with E-state index in [4.69, 9.17) is 12.2 Å². The zero-order valence-electron chi connectivity index (χ0n) is 9.20. The molecule has 16 heavy (non-hydrogen) atoms. The molecule has 0 saturated carbocycles. The third-order valence-electron chi connectivity index (χ3n) is 2.31. The van der Waals surface area contributed by atoms with Gasteiger partial charge >= 0.3 is 0 Å². The summed E-state index contributed by atoms with van der Waals surface area (Å²) in [7, 11) is 0. The monoisotopic (exact) mass is 216 g/mol. The van der Waals surface area contributed by atoms with E-state index in [1.807, 2.05) is 24.3 Å². The lowest BCUT2D eigenvalue weighted by Gasteiger charge is -2.08. The molecule has 0 fully saturated rings. The number of nitrogens with one attached hydrogen (secondary N) is 1. The summed E-state index contributed by atoms with van der Waals surface area (Å²) in [6.45, 7) is 0.993. The summed E-state index contributed by atoms with van der Waals surface area (Å²) in [6, 6.07) is 7.79. The number of rotatable bonds is 5. The van der Waals surface area contributed by atoms with Crippen LogP contribution in [-0.4, -0.2) is 5.91 Å². The number of carbonyl (C=O) groups is 1. The highest BCUT2D eigenvalue weighted by Gasteiger charge is 2.02. The van der Waals surface area contributed by atoms with Gasteiger partial charge in [-0.2, -0.15) is 0 Å². The van der Waals surface area contributed by atoms with E-state index in [9.17, 15) is 4.79 Å². The number of hydrogen-bond acceptors (Lipinski definition) is 2. The van der Waals surface area contributed by atoms with Crippen LogP contribution in [0.5, 0.6) is 0 Å². The van der Waals surface area contributed by atoms with E-state index >= 15 is 0 Å². The van der Waals surface area contributed by atoms with Gasteiger partial charge in [-0.1, -0.05) is 24.3 Å². The third kappa shape index (κ3) is 3.76. The van der Waals surface area contributed by atoms with Gasteiger partial charge in [-0.05, 0) is 11.1 Å². The molecule has 0 atom stereocenters. The van der Waals surface area contributed by atoms with E-state index in [0.29, 0.717) is 25.9 Å². The third-order valence-corrected chi connectivity index (χ3v) is 2.31. The van der Waals surface area contributed by atoms with Crippen LogP contribution in [-0.2, 0) is 17.9 Å². The van der Waals surface area contributed by atoms with Crippen LogP contribution < -0.4 is 11.1 Å². The Morgan fingerprint density at radius 2 is 2.06 bits per heavy atom. The summed E-state index contributed by atoms with van der Waals surface area (Å²) in [5, 5.41) is 2.82. The van der Waals surface area contributed by atoms with Crippen LogP contribution in [0, 0.1) is 12.3 Å². The normalized spacial score (nSPS) is 9.50. The number of nitrogens with two attached hydrogens (primary N) is 1. The first-order valence-electron chi connectivity index (χ1n) is 5.25. The predicted molar refractivity (Wildman–Crippen MR) is 64.2 cm³/mol. The Morgan fingerprint density at radius 1 is 1.38 bits per heavy atom. The minimum Gasteiger partial charge on any atom is -0.352 e. The molecule has 1 rings (SSSR count). The van der Waals surface area contributed by atoms with Gasteiger partial charge in [-0.15, -0.1) is 12.3 Å². The van der Waals surface area contributed by atoms with Crippen molar-refractivity contribution >= 4 is 5.91 Å². The van der Waals surface area contributed by atoms with Crippen molar-refractivity contribution in [3.8, 4) is 12.3 Å². The molecule has 84 valence electrons. The van der Waals surface area contributed by atoms with Gasteiger partial charge < -0.3 is 11.1 Å². The lowest BCUT2D eigenvalue weighted by molar-refractivity contribution is -0.121. The Balaban J connectivity index is 2.48. The summed E-state index contributed by atoms with van der Waals surface area (Å²) in [5.74, 6) is 2.42. The van der Waals surface area contributed by atoms with Gasteiger partial charge in [-0.25, -0.2) is 0 Å². The van der Waals surface area contributed by atoms with E-state index in [2.05, 4.69) is 11.2 Å². The quantitative estimate of drug-likeness (QED) is 0.726. The number of amides is 1. The topological polar surface area (TPSA) is 55.1 Å². The Kier molecular flexibility index (Phi) is 5.10. The molecule has 0 aliphatic heterocycles. The van der Waals surface area contributed by atoms with Gasteiger partial charge in [-0.3, -0.25) is 4.79 Å².